The summed E-state index contributed by atoms with van der Waals surface area (Å²) in [5, 5.41) is 0. The van der Waals surface area contributed by atoms with E-state index in [1.807, 2.05) is 0 Å². The average molecular weight is 362 g/mol. The molecule has 0 bridgehead atoms. The molecular formula is C15H20F2N2O4S. The second-order valence-corrected chi connectivity index (χ2v) is 7.63. The van der Waals surface area contributed by atoms with Gasteiger partial charge in [-0.15, -0.1) is 0 Å². The molecule has 6 nitrogen and oxygen atoms in total. The van der Waals surface area contributed by atoms with E-state index in [-0.39, 0.29) is 23.3 Å². The molecule has 1 N–H and O–H groups in total. The molecule has 0 spiro atoms. The molecule has 0 amide bonds. The Kier molecular flexibility index (Phi) is 5.33. The standard InChI is InChI=1S/C15H20F2N2O4S/c16-15(17)23-13-3-1-2-4-14(13)24(20,21)18-9-12-10-19(7-8-22-12)11-5-6-11/h1-4,11-12,15,18H,5-10H2. The van der Waals surface area contributed by atoms with Crippen LogP contribution in [0.15, 0.2) is 29.2 Å². The van der Waals surface area contributed by atoms with Crippen molar-refractivity contribution in [1.82, 2.24) is 9.62 Å². The smallest absolute Gasteiger partial charge is 0.387 e. The van der Waals surface area contributed by atoms with E-state index in [1.54, 1.807) is 0 Å². The summed E-state index contributed by atoms with van der Waals surface area (Å²) in [4.78, 5) is 2.00. The molecule has 1 aromatic carbocycles. The molecule has 1 aromatic rings. The molecule has 1 unspecified atom stereocenters. The van der Waals surface area contributed by atoms with Crippen LogP contribution >= 0.6 is 0 Å². The first kappa shape index (κ1) is 17.5. The van der Waals surface area contributed by atoms with E-state index in [0.29, 0.717) is 19.2 Å². The third-order valence-corrected chi connectivity index (χ3v) is 5.55. The fraction of sp³-hybridized carbons (Fsp3) is 0.600. The highest BCUT2D eigenvalue weighted by atomic mass is 32.2. The number of ether oxygens (including phenoxy) is 2. The van der Waals surface area contributed by atoms with E-state index in [0.717, 1.165) is 6.54 Å². The highest BCUT2D eigenvalue weighted by Crippen LogP contribution is 2.28. The van der Waals surface area contributed by atoms with E-state index >= 15 is 0 Å². The van der Waals surface area contributed by atoms with Crippen molar-refractivity contribution in [2.75, 3.05) is 26.2 Å². The van der Waals surface area contributed by atoms with Gasteiger partial charge in [-0.25, -0.2) is 13.1 Å². The first-order valence-corrected chi connectivity index (χ1v) is 9.33. The molecule has 1 aliphatic heterocycles. The zero-order valence-electron chi connectivity index (χ0n) is 13.0. The Morgan fingerprint density at radius 2 is 2.08 bits per heavy atom. The monoisotopic (exact) mass is 362 g/mol. The molecule has 9 heteroatoms. The third kappa shape index (κ3) is 4.41. The first-order valence-electron chi connectivity index (χ1n) is 7.85. The molecule has 0 aromatic heterocycles. The highest BCUT2D eigenvalue weighted by Gasteiger charge is 2.33. The molecule has 3 rings (SSSR count). The van der Waals surface area contributed by atoms with Crippen LogP contribution in [-0.2, 0) is 14.8 Å². The van der Waals surface area contributed by atoms with Crippen molar-refractivity contribution in [3.8, 4) is 5.75 Å². The van der Waals surface area contributed by atoms with Crippen molar-refractivity contribution in [3.63, 3.8) is 0 Å². The molecule has 2 fully saturated rings. The Hall–Kier alpha value is -1.29. The van der Waals surface area contributed by atoms with Crippen molar-refractivity contribution in [3.05, 3.63) is 24.3 Å². The minimum Gasteiger partial charge on any atom is -0.433 e. The summed E-state index contributed by atoms with van der Waals surface area (Å²) in [6.07, 6.45) is 2.10. The second kappa shape index (κ2) is 7.30. The maximum Gasteiger partial charge on any atom is 0.387 e. The number of nitrogens with zero attached hydrogens (tertiary/aromatic N) is 1. The third-order valence-electron chi connectivity index (χ3n) is 4.09. The average Bonchev–Trinajstić information content (AvgIpc) is 3.38. The minimum atomic E-state index is -3.96. The predicted octanol–water partition coefficient (Wildman–Crippen LogP) is 1.43. The summed E-state index contributed by atoms with van der Waals surface area (Å²) in [7, 11) is -3.96. The fourth-order valence-corrected chi connectivity index (χ4v) is 3.98. The molecule has 1 saturated carbocycles. The number of morpholine rings is 1. The van der Waals surface area contributed by atoms with E-state index in [4.69, 9.17) is 4.74 Å². The minimum absolute atomic E-state index is 0.0918. The number of alkyl halides is 2. The summed E-state index contributed by atoms with van der Waals surface area (Å²) in [6.45, 7) is -0.903. The maximum atomic E-state index is 12.4. The topological polar surface area (TPSA) is 67.9 Å². The lowest BCUT2D eigenvalue weighted by Crippen LogP contribution is -2.48. The molecule has 0 radical (unpaired) electrons. The number of nitrogens with one attached hydrogen (secondary N) is 1. The van der Waals surface area contributed by atoms with E-state index < -0.39 is 16.6 Å². The van der Waals surface area contributed by atoms with Crippen LogP contribution < -0.4 is 9.46 Å². The van der Waals surface area contributed by atoms with Gasteiger partial charge in [0.1, 0.15) is 10.6 Å². The second-order valence-electron chi connectivity index (χ2n) is 5.90. The lowest BCUT2D eigenvalue weighted by molar-refractivity contribution is -0.0517. The summed E-state index contributed by atoms with van der Waals surface area (Å²) >= 11 is 0. The number of halogens is 2. The Bertz CT molecular complexity index is 667. The number of benzene rings is 1. The summed E-state index contributed by atoms with van der Waals surface area (Å²) < 4.78 is 62.0. The van der Waals surface area contributed by atoms with Gasteiger partial charge in [0, 0.05) is 25.7 Å². The van der Waals surface area contributed by atoms with Gasteiger partial charge in [0.25, 0.3) is 0 Å². The lowest BCUT2D eigenvalue weighted by atomic mass is 10.2. The Morgan fingerprint density at radius 3 is 2.79 bits per heavy atom. The number of rotatable bonds is 7. The predicted molar refractivity (Wildman–Crippen MR) is 82.6 cm³/mol. The van der Waals surface area contributed by atoms with Crippen LogP contribution in [0.3, 0.4) is 0 Å². The van der Waals surface area contributed by atoms with Gasteiger partial charge < -0.3 is 9.47 Å². The maximum absolute atomic E-state index is 12.4. The zero-order valence-corrected chi connectivity index (χ0v) is 13.8. The molecule has 24 heavy (non-hydrogen) atoms. The Balaban J connectivity index is 1.63. The van der Waals surface area contributed by atoms with Gasteiger partial charge in [0.05, 0.1) is 12.7 Å². The SMILES string of the molecule is O=S(=O)(NCC1CN(C2CC2)CCO1)c1ccccc1OC(F)F. The van der Waals surface area contributed by atoms with Crippen LogP contribution in [0.5, 0.6) is 5.75 Å². The van der Waals surface area contributed by atoms with Crippen molar-refractivity contribution in [1.29, 1.82) is 0 Å². The number of hydrogen-bond donors (Lipinski definition) is 1. The van der Waals surface area contributed by atoms with E-state index in [1.165, 1.54) is 37.1 Å². The quantitative estimate of drug-likeness (QED) is 0.795. The summed E-state index contributed by atoms with van der Waals surface area (Å²) in [5.74, 6) is -0.371. The zero-order chi connectivity index (χ0) is 17.2. The molecule has 1 heterocycles. The van der Waals surface area contributed by atoms with Gasteiger partial charge in [0.15, 0.2) is 0 Å². The fourth-order valence-electron chi connectivity index (χ4n) is 2.78. The lowest BCUT2D eigenvalue weighted by Gasteiger charge is -2.33. The van der Waals surface area contributed by atoms with Crippen LogP contribution in [0.4, 0.5) is 8.78 Å². The molecular weight excluding hydrogens is 342 g/mol. The molecule has 2 aliphatic rings. The Morgan fingerprint density at radius 1 is 1.33 bits per heavy atom. The van der Waals surface area contributed by atoms with Crippen molar-refractivity contribution in [2.24, 2.45) is 0 Å². The van der Waals surface area contributed by atoms with Crippen molar-refractivity contribution in [2.45, 2.75) is 36.5 Å². The van der Waals surface area contributed by atoms with Gasteiger partial charge in [-0.3, -0.25) is 4.90 Å². The van der Waals surface area contributed by atoms with E-state index in [9.17, 15) is 17.2 Å². The largest absolute Gasteiger partial charge is 0.433 e. The van der Waals surface area contributed by atoms with Crippen LogP contribution in [0.25, 0.3) is 0 Å². The molecule has 1 saturated heterocycles. The van der Waals surface area contributed by atoms with Gasteiger partial charge in [-0.1, -0.05) is 12.1 Å². The number of sulfonamides is 1. The molecule has 1 atom stereocenters. The van der Waals surface area contributed by atoms with Gasteiger partial charge in [0.2, 0.25) is 10.0 Å². The molecule has 134 valence electrons. The first-order chi connectivity index (χ1) is 11.5. The van der Waals surface area contributed by atoms with Gasteiger partial charge in [-0.05, 0) is 25.0 Å². The van der Waals surface area contributed by atoms with Crippen molar-refractivity contribution >= 4 is 10.0 Å². The number of para-hydroxylation sites is 1. The summed E-state index contributed by atoms with van der Waals surface area (Å²) in [5.41, 5.74) is 0. The van der Waals surface area contributed by atoms with Crippen LogP contribution in [0.2, 0.25) is 0 Å². The van der Waals surface area contributed by atoms with Gasteiger partial charge >= 0.3 is 6.61 Å². The van der Waals surface area contributed by atoms with E-state index in [2.05, 4.69) is 14.4 Å². The summed E-state index contributed by atoms with van der Waals surface area (Å²) in [6, 6.07) is 5.92. The van der Waals surface area contributed by atoms with Gasteiger partial charge in [-0.2, -0.15) is 8.78 Å². The van der Waals surface area contributed by atoms with Crippen LogP contribution in [0, 0.1) is 0 Å². The number of hydrogen-bond acceptors (Lipinski definition) is 5. The van der Waals surface area contributed by atoms with Crippen molar-refractivity contribution < 1.29 is 26.7 Å². The Labute approximate surface area is 139 Å². The van der Waals surface area contributed by atoms with Crippen LogP contribution in [-0.4, -0.2) is 58.3 Å². The highest BCUT2D eigenvalue weighted by molar-refractivity contribution is 7.89. The van der Waals surface area contributed by atoms with Crippen LogP contribution in [0.1, 0.15) is 12.8 Å². The normalized spacial score (nSPS) is 22.7. The molecule has 1 aliphatic carbocycles.